The minimum atomic E-state index is -1.37. The summed E-state index contributed by atoms with van der Waals surface area (Å²) in [7, 11) is -5.26. The molecule has 0 fully saturated rings. The first-order valence-corrected chi connectivity index (χ1v) is 52.8. The van der Waals surface area contributed by atoms with Crippen LogP contribution in [0.4, 0.5) is 0 Å². The van der Waals surface area contributed by atoms with Gasteiger partial charge in [0.25, 0.3) is 0 Å². The molecule has 6 aromatic heterocycles. The van der Waals surface area contributed by atoms with E-state index in [-0.39, 0.29) is 80.4 Å². The van der Waals surface area contributed by atoms with E-state index in [1.165, 1.54) is 76.4 Å². The molecule has 16 aromatic rings. The Balaban J connectivity index is 0.000000197. The van der Waals surface area contributed by atoms with E-state index < -0.39 is 32.3 Å². The van der Waals surface area contributed by atoms with Crippen LogP contribution in [0.2, 0.25) is 78.6 Å². The minimum absolute atomic E-state index is 0. The first kappa shape index (κ1) is 95.7. The second-order valence-electron chi connectivity index (χ2n) is 32.1. The van der Waals surface area contributed by atoms with Crippen LogP contribution >= 0.6 is 0 Å². The smallest absolute Gasteiger partial charge is 0.0795 e. The number of aryl methyl sites for hydroxylation is 2. The van der Waals surface area contributed by atoms with Gasteiger partial charge in [-0.3, -0.25) is 0 Å². The van der Waals surface area contributed by atoms with Crippen LogP contribution in [0.5, 0.6) is 0 Å². The molecule has 0 spiro atoms. The van der Waals surface area contributed by atoms with Crippen molar-refractivity contribution in [1.29, 1.82) is 0 Å². The Morgan fingerprint density at radius 3 is 0.975 bits per heavy atom. The number of pyridine rings is 6. The van der Waals surface area contributed by atoms with Crippen molar-refractivity contribution in [3.8, 4) is 112 Å². The first-order chi connectivity index (χ1) is 54.9. The molecule has 14 heteroatoms. The molecular weight excluding hydrogens is 2210 g/mol. The molecule has 0 aliphatic heterocycles. The molecule has 16 rings (SSSR count). The Morgan fingerprint density at radius 1 is 0.220 bits per heavy atom. The molecule has 604 valence electrons. The molecule has 0 unspecified atom stereocenters. The summed E-state index contributed by atoms with van der Waals surface area (Å²) in [5.41, 5.74) is 24.5. The zero-order valence-corrected chi connectivity index (χ0v) is 83.1. The Kier molecular flexibility index (Phi) is 37.5. The summed E-state index contributed by atoms with van der Waals surface area (Å²) in [5.74, 6) is 0. The van der Waals surface area contributed by atoms with Crippen LogP contribution in [0.3, 0.4) is 0 Å². The van der Waals surface area contributed by atoms with Gasteiger partial charge in [-0.15, -0.1) is 191 Å². The summed E-state index contributed by atoms with van der Waals surface area (Å²) in [5, 5.41) is 5.80. The molecule has 0 aliphatic rings. The number of hydrogen-bond acceptors (Lipinski definition) is 6. The van der Waals surface area contributed by atoms with Gasteiger partial charge in [0, 0.05) is 118 Å². The van der Waals surface area contributed by atoms with Crippen molar-refractivity contribution >= 4 is 53.0 Å². The van der Waals surface area contributed by atoms with Gasteiger partial charge in [0.2, 0.25) is 0 Å². The summed E-state index contributed by atoms with van der Waals surface area (Å²) >= 11 is 0. The molecule has 6 heterocycles. The van der Waals surface area contributed by atoms with E-state index in [0.29, 0.717) is 0 Å². The number of hydrogen-bond donors (Lipinski definition) is 0. The molecule has 6 nitrogen and oxygen atoms in total. The minimum Gasteiger partial charge on any atom is -0.305 e. The van der Waals surface area contributed by atoms with E-state index >= 15 is 0 Å². The predicted octanol–water partition coefficient (Wildman–Crippen LogP) is 24.7. The number of nitrogens with zero attached hydrogens (tertiary/aromatic N) is 6. The van der Waals surface area contributed by atoms with Gasteiger partial charge in [-0.2, -0.15) is 0 Å². The fourth-order valence-corrected chi connectivity index (χ4v) is 17.4. The molecule has 0 atom stereocenters. The number of benzene rings is 10. The maximum Gasteiger partial charge on any atom is 0.0795 e. The first-order valence-electron chi connectivity index (χ1n) is 38.8. The van der Waals surface area contributed by atoms with Crippen molar-refractivity contribution in [2.24, 2.45) is 0 Å². The van der Waals surface area contributed by atoms with E-state index in [1.807, 2.05) is 146 Å². The van der Waals surface area contributed by atoms with Gasteiger partial charge in [0.05, 0.1) is 32.3 Å². The Bertz CT molecular complexity index is 5470. The van der Waals surface area contributed by atoms with Gasteiger partial charge >= 0.3 is 0 Å². The summed E-state index contributed by atoms with van der Waals surface area (Å²) in [4.78, 5) is 26.5. The topological polar surface area (TPSA) is 77.3 Å². The molecular formula is C104H100Ir4N6Si4-6. The fraction of sp³-hybridized carbons (Fsp3) is 0.135. The summed E-state index contributed by atoms with van der Waals surface area (Å²) in [6, 6.07) is 128. The molecule has 0 saturated heterocycles. The Morgan fingerprint density at radius 2 is 0.585 bits per heavy atom. The van der Waals surface area contributed by atoms with Crippen LogP contribution in [0.15, 0.2) is 353 Å². The molecule has 0 aliphatic carbocycles. The van der Waals surface area contributed by atoms with Crippen LogP contribution in [0.25, 0.3) is 112 Å². The Labute approximate surface area is 760 Å². The van der Waals surface area contributed by atoms with Crippen LogP contribution < -0.4 is 20.7 Å². The van der Waals surface area contributed by atoms with E-state index in [2.05, 4.69) is 353 Å². The second kappa shape index (κ2) is 46.2. The summed E-state index contributed by atoms with van der Waals surface area (Å²) in [6.07, 6.45) is 11.2. The zero-order valence-electron chi connectivity index (χ0n) is 69.5. The quantitative estimate of drug-likeness (QED) is 0.0797. The molecule has 118 heavy (non-hydrogen) atoms. The molecule has 0 bridgehead atoms. The van der Waals surface area contributed by atoms with Gasteiger partial charge in [0.1, 0.15) is 0 Å². The van der Waals surface area contributed by atoms with Crippen molar-refractivity contribution in [2.45, 2.75) is 92.4 Å². The van der Waals surface area contributed by atoms with Crippen molar-refractivity contribution < 1.29 is 80.4 Å². The van der Waals surface area contributed by atoms with Crippen LogP contribution in [0, 0.1) is 50.2 Å². The van der Waals surface area contributed by atoms with Crippen molar-refractivity contribution in [1.82, 2.24) is 29.9 Å². The van der Waals surface area contributed by atoms with Crippen LogP contribution in [-0.2, 0) is 80.4 Å². The normalized spacial score (nSPS) is 10.7. The monoisotopic (exact) mass is 2320 g/mol. The van der Waals surface area contributed by atoms with Crippen LogP contribution in [-0.4, -0.2) is 62.2 Å². The van der Waals surface area contributed by atoms with Crippen molar-refractivity contribution in [3.63, 3.8) is 0 Å². The van der Waals surface area contributed by atoms with Gasteiger partial charge in [-0.25, -0.2) is 0 Å². The van der Waals surface area contributed by atoms with Crippen molar-refractivity contribution in [2.75, 3.05) is 0 Å². The fourth-order valence-electron chi connectivity index (χ4n) is 12.4. The van der Waals surface area contributed by atoms with E-state index in [0.717, 1.165) is 67.5 Å². The SMILES string of the molecule is C[Si](C)(C)c1ccc(-c2[c-]cc(-c3ccccc3)cc2)nc1.C[Si](C)(C)c1ccnc(-c2[c-]cc(-c3ccccc3)cc2)c1.Cc1ccnc(-c2[c-]cc(-c3cccc([Si](C)(C)C)c3)cc2)c1.Cc1ccnc(-c2[c-]cc(-c3ccccc3[Si](C)(C)C)cc2)c1.[Ir].[Ir].[Ir].[Ir].[c-]1ccccc1-c1ccccn1.[c-]1ccccc1-c1ccccn1. The van der Waals surface area contributed by atoms with Crippen molar-refractivity contribution in [3.05, 3.63) is 400 Å². The summed E-state index contributed by atoms with van der Waals surface area (Å²) < 4.78 is 0. The van der Waals surface area contributed by atoms with Gasteiger partial charge in [-0.05, 0) is 83.5 Å². The molecule has 10 aromatic carbocycles. The van der Waals surface area contributed by atoms with Crippen LogP contribution in [0.1, 0.15) is 11.1 Å². The maximum absolute atomic E-state index is 4.62. The average Bonchev–Trinajstić information content (AvgIpc) is 0.779. The molecule has 4 radical (unpaired) electrons. The van der Waals surface area contributed by atoms with Gasteiger partial charge in [0.15, 0.2) is 0 Å². The van der Waals surface area contributed by atoms with E-state index in [9.17, 15) is 0 Å². The van der Waals surface area contributed by atoms with E-state index in [1.54, 1.807) is 12.4 Å². The third kappa shape index (κ3) is 28.7. The second-order valence-corrected chi connectivity index (χ2v) is 52.4. The molecule has 0 saturated carbocycles. The predicted molar refractivity (Wildman–Crippen MR) is 494 cm³/mol. The van der Waals surface area contributed by atoms with Gasteiger partial charge in [-0.1, -0.05) is 314 Å². The molecule has 0 amide bonds. The van der Waals surface area contributed by atoms with E-state index in [4.69, 9.17) is 0 Å². The largest absolute Gasteiger partial charge is 0.305 e. The average molecular weight is 2320 g/mol. The number of rotatable bonds is 14. The maximum atomic E-state index is 4.62. The zero-order chi connectivity index (χ0) is 80.5. The standard InChI is InChI=1S/2C21H22NSi.2C20H20NSi.2C11H8N.4Ir/c1-16-12-13-22-21(14-16)18-10-8-17(9-11-18)19-6-5-7-20(15-19)23(2,3)4;1-16-13-14-22-20(15-16)18-11-9-17(10-12-18)19-7-5-6-8-21(19)23(2,3)4;1-22(2,3)19-13-14-21-20(15-19)18-11-9-17(10-12-18)16-7-5-4-6-8-16;1-22(2,3)19-13-14-20(21-15-19)18-11-9-17(10-12-18)16-7-5-4-6-8-16;2*1-2-6-10(7-3-1)11-8-4-5-9-12-11;;;;/h5-10,12-15H,1-4H3;5-11,13-15H,1-4H3;2*4-11,13-15H,1-3H3;2*1-6,8-9H;;;;/q6*-1;;;;. The molecule has 0 N–H and O–H groups in total. The third-order valence-corrected chi connectivity index (χ3v) is 27.2. The number of aromatic nitrogens is 6. The van der Waals surface area contributed by atoms with Gasteiger partial charge < -0.3 is 29.9 Å². The summed E-state index contributed by atoms with van der Waals surface area (Å²) in [6.45, 7) is 32.6. The third-order valence-electron chi connectivity index (χ3n) is 19.1. The Hall–Kier alpha value is -9.44.